The van der Waals surface area contributed by atoms with Crippen molar-refractivity contribution in [1.82, 2.24) is 10.4 Å². The molecule has 3 N–H and O–H groups in total. The number of furan rings is 1. The summed E-state index contributed by atoms with van der Waals surface area (Å²) in [5.41, 5.74) is 12.8. The van der Waals surface area contributed by atoms with Crippen LogP contribution in [0, 0.1) is 5.41 Å². The highest BCUT2D eigenvalue weighted by Crippen LogP contribution is 2.41. The summed E-state index contributed by atoms with van der Waals surface area (Å²) < 4.78 is 5.93. The van der Waals surface area contributed by atoms with Crippen LogP contribution in [-0.2, 0) is 0 Å². The third-order valence-electron chi connectivity index (χ3n) is 6.68. The van der Waals surface area contributed by atoms with Gasteiger partial charge in [-0.2, -0.15) is 5.10 Å². The molecule has 0 fully saturated rings. The number of hydrogen-bond donors (Lipinski definition) is 2. The Morgan fingerprint density at radius 1 is 1.05 bits per heavy atom. The van der Waals surface area contributed by atoms with E-state index in [1.54, 1.807) is 39.0 Å². The van der Waals surface area contributed by atoms with Crippen molar-refractivity contribution in [2.45, 2.75) is 33.6 Å². The van der Waals surface area contributed by atoms with Gasteiger partial charge >= 0.3 is 0 Å². The van der Waals surface area contributed by atoms with Gasteiger partial charge in [-0.1, -0.05) is 68.2 Å². The molecule has 0 aliphatic carbocycles. The fourth-order valence-corrected chi connectivity index (χ4v) is 5.01. The van der Waals surface area contributed by atoms with Crippen molar-refractivity contribution in [2.24, 2.45) is 16.3 Å². The predicted octanol–water partition coefficient (Wildman–Crippen LogP) is 6.86. The van der Waals surface area contributed by atoms with Gasteiger partial charge in [0.15, 0.2) is 5.76 Å². The van der Waals surface area contributed by atoms with Crippen molar-refractivity contribution in [1.29, 1.82) is 0 Å². The maximum absolute atomic E-state index is 13.2. The van der Waals surface area contributed by atoms with Crippen LogP contribution in [0.4, 0.5) is 0 Å². The summed E-state index contributed by atoms with van der Waals surface area (Å²) in [5.74, 6) is -1.08. The van der Waals surface area contributed by atoms with E-state index in [1.807, 2.05) is 37.3 Å². The maximum Gasteiger partial charge on any atom is 0.253 e. The number of halogens is 2. The average Bonchev–Trinajstić information content (AvgIpc) is 3.45. The van der Waals surface area contributed by atoms with Crippen LogP contribution in [-0.4, -0.2) is 28.9 Å². The summed E-state index contributed by atoms with van der Waals surface area (Å²) in [6.45, 7) is 7.93. The van der Waals surface area contributed by atoms with Crippen LogP contribution in [0.25, 0.3) is 33.5 Å². The van der Waals surface area contributed by atoms with E-state index in [1.165, 1.54) is 0 Å². The Balaban J connectivity index is 1.76. The zero-order valence-corrected chi connectivity index (χ0v) is 22.9. The van der Waals surface area contributed by atoms with Crippen molar-refractivity contribution in [3.63, 3.8) is 0 Å². The lowest BCUT2D eigenvalue weighted by atomic mass is 9.87. The quantitative estimate of drug-likeness (QED) is 0.264. The van der Waals surface area contributed by atoms with Gasteiger partial charge in [0.1, 0.15) is 0 Å². The van der Waals surface area contributed by atoms with Gasteiger partial charge in [-0.25, -0.2) is 4.98 Å². The first-order chi connectivity index (χ1) is 18.0. The summed E-state index contributed by atoms with van der Waals surface area (Å²) in [7, 11) is 0. The first-order valence-corrected chi connectivity index (χ1v) is 12.9. The molecular weight excluding hydrogens is 523 g/mol. The highest BCUT2D eigenvalue weighted by molar-refractivity contribution is 6.33. The molecule has 1 atom stereocenters. The minimum absolute atomic E-state index is 0.0131. The molecule has 0 radical (unpaired) electrons. The predicted molar refractivity (Wildman–Crippen MR) is 151 cm³/mol. The lowest BCUT2D eigenvalue weighted by Gasteiger charge is -2.15. The van der Waals surface area contributed by atoms with Gasteiger partial charge in [-0.15, -0.1) is 0 Å². The Bertz CT molecular complexity index is 1630. The van der Waals surface area contributed by atoms with Crippen LogP contribution in [0.3, 0.4) is 0 Å². The number of nitrogens with two attached hydrogens (primary N) is 1. The number of carbonyl (C=O) groups is 2. The number of amides is 1. The summed E-state index contributed by atoms with van der Waals surface area (Å²) in [5, 5.41) is 5.71. The molecule has 0 bridgehead atoms. The van der Waals surface area contributed by atoms with Gasteiger partial charge in [0.05, 0.1) is 21.7 Å². The average molecular weight is 549 g/mol. The Morgan fingerprint density at radius 2 is 1.76 bits per heavy atom. The van der Waals surface area contributed by atoms with E-state index in [9.17, 15) is 9.59 Å². The normalized spacial score (nSPS) is 15.4. The number of primary amides is 1. The summed E-state index contributed by atoms with van der Waals surface area (Å²) in [6, 6.07) is 14.8. The molecule has 2 aromatic heterocycles. The van der Waals surface area contributed by atoms with Crippen molar-refractivity contribution < 1.29 is 14.0 Å². The van der Waals surface area contributed by atoms with Gasteiger partial charge in [0.25, 0.3) is 5.91 Å². The van der Waals surface area contributed by atoms with Gasteiger partial charge in [-0.3, -0.25) is 9.59 Å². The van der Waals surface area contributed by atoms with Crippen LogP contribution >= 0.6 is 23.2 Å². The molecule has 9 heteroatoms. The third-order valence-corrected chi connectivity index (χ3v) is 7.24. The zero-order chi connectivity index (χ0) is 27.4. The molecule has 0 saturated carbocycles. The van der Waals surface area contributed by atoms with Crippen LogP contribution in [0.2, 0.25) is 10.0 Å². The monoisotopic (exact) mass is 548 g/mol. The van der Waals surface area contributed by atoms with Crippen molar-refractivity contribution in [3.05, 3.63) is 75.5 Å². The highest BCUT2D eigenvalue weighted by Gasteiger charge is 2.33. The second kappa shape index (κ2) is 9.57. The first kappa shape index (κ1) is 25.9. The topological polar surface area (TPSA) is 111 Å². The fourth-order valence-electron chi connectivity index (χ4n) is 4.61. The van der Waals surface area contributed by atoms with Gasteiger partial charge in [0, 0.05) is 39.7 Å². The number of benzene rings is 2. The molecule has 1 unspecified atom stereocenters. The smallest absolute Gasteiger partial charge is 0.253 e. The Labute approximate surface area is 230 Å². The molecule has 194 valence electrons. The van der Waals surface area contributed by atoms with E-state index in [4.69, 9.17) is 38.3 Å². The summed E-state index contributed by atoms with van der Waals surface area (Å²) in [4.78, 5) is 30.5. The number of rotatable bonds is 5. The number of aromatic nitrogens is 1. The van der Waals surface area contributed by atoms with E-state index in [0.29, 0.717) is 38.8 Å². The fraction of sp³-hybridized carbons (Fsp3) is 0.241. The lowest BCUT2D eigenvalue weighted by molar-refractivity contribution is 0.0822. The standard InChI is InChI=1S/C29H26Cl2N4O3/c1-14-21(13-33-35-14)16-7-10-18(22(31)11-16)24-19(15-5-8-17(30)9-6-15)12-20-23(27(32)37)25(38-28(20)34-24)26(36)29(2,3)4/h5-12,21,33H,13H2,1-4H3,(H2,32,37). The number of fused-ring (bicyclic) bond motifs is 1. The van der Waals surface area contributed by atoms with Crippen molar-refractivity contribution >= 4 is 51.7 Å². The number of Topliss-reactive ketones (excluding diaryl/α,β-unsaturated/α-hetero) is 1. The SMILES string of the molecule is CC1=NNCC1c1ccc(-c2nc3oc(C(=O)C(C)(C)C)c(C(N)=O)c3cc2-c2ccc(Cl)cc2)c(Cl)c1. The maximum atomic E-state index is 13.2. The number of ketones is 1. The van der Waals surface area contributed by atoms with Gasteiger partial charge in [0.2, 0.25) is 11.5 Å². The molecule has 1 aliphatic rings. The minimum atomic E-state index is -0.796. The van der Waals surface area contributed by atoms with E-state index in [0.717, 1.165) is 16.8 Å². The molecule has 0 spiro atoms. The lowest BCUT2D eigenvalue weighted by Crippen LogP contribution is -2.23. The minimum Gasteiger partial charge on any atom is -0.434 e. The highest BCUT2D eigenvalue weighted by atomic mass is 35.5. The summed E-state index contributed by atoms with van der Waals surface area (Å²) in [6.07, 6.45) is 0. The van der Waals surface area contributed by atoms with Crippen molar-refractivity contribution in [2.75, 3.05) is 6.54 Å². The molecule has 0 saturated heterocycles. The largest absolute Gasteiger partial charge is 0.434 e. The Morgan fingerprint density at radius 3 is 2.34 bits per heavy atom. The summed E-state index contributed by atoms with van der Waals surface area (Å²) >= 11 is 13.0. The molecule has 38 heavy (non-hydrogen) atoms. The molecular formula is C29H26Cl2N4O3. The van der Waals surface area contributed by atoms with E-state index >= 15 is 0 Å². The van der Waals surface area contributed by atoms with Crippen LogP contribution in [0.5, 0.6) is 0 Å². The van der Waals surface area contributed by atoms with Crippen molar-refractivity contribution in [3.8, 4) is 22.4 Å². The molecule has 7 nitrogen and oxygen atoms in total. The number of hydrogen-bond acceptors (Lipinski definition) is 6. The number of carbonyl (C=O) groups excluding carboxylic acids is 2. The molecule has 1 aliphatic heterocycles. The number of hydrazone groups is 1. The number of nitrogens with zero attached hydrogens (tertiary/aromatic N) is 2. The molecule has 2 aromatic carbocycles. The van der Waals surface area contributed by atoms with E-state index in [2.05, 4.69) is 10.5 Å². The van der Waals surface area contributed by atoms with Crippen LogP contribution in [0.15, 0.2) is 58.0 Å². The molecule has 3 heterocycles. The van der Waals surface area contributed by atoms with Crippen LogP contribution in [0.1, 0.15) is 60.1 Å². The number of nitrogens with one attached hydrogen (secondary N) is 1. The Kier molecular flexibility index (Phi) is 6.53. The molecule has 4 aromatic rings. The third kappa shape index (κ3) is 4.57. The van der Waals surface area contributed by atoms with E-state index < -0.39 is 11.3 Å². The zero-order valence-electron chi connectivity index (χ0n) is 21.4. The molecule has 5 rings (SSSR count). The second-order valence-electron chi connectivity index (χ2n) is 10.4. The van der Waals surface area contributed by atoms with E-state index in [-0.39, 0.29) is 28.7 Å². The van der Waals surface area contributed by atoms with Gasteiger partial charge in [-0.05, 0) is 42.3 Å². The number of pyridine rings is 1. The van der Waals surface area contributed by atoms with Crippen LogP contribution < -0.4 is 11.2 Å². The second-order valence-corrected chi connectivity index (χ2v) is 11.2. The van der Waals surface area contributed by atoms with Gasteiger partial charge < -0.3 is 15.6 Å². The first-order valence-electron chi connectivity index (χ1n) is 12.1. The molecule has 1 amide bonds. The Hall–Kier alpha value is -3.68.